The molecule has 0 spiro atoms. The number of thioether (sulfide) groups is 1. The van der Waals surface area contributed by atoms with Crippen LogP contribution in [0.5, 0.6) is 0 Å². The first-order chi connectivity index (χ1) is 29.2. The van der Waals surface area contributed by atoms with Gasteiger partial charge in [0.25, 0.3) is 0 Å². The van der Waals surface area contributed by atoms with Gasteiger partial charge in [-0.1, -0.05) is 65.2 Å². The molecule has 0 aromatic rings. The molecule has 7 N–H and O–H groups in total. The highest BCUT2D eigenvalue weighted by atomic mass is 33.5. The largest absolute Gasteiger partial charge is 0.453 e. The van der Waals surface area contributed by atoms with Gasteiger partial charge in [0.2, 0.25) is 5.78 Å². The number of rotatable bonds is 16. The molecule has 5 aliphatic rings. The molecule has 1 amide bonds. The van der Waals surface area contributed by atoms with Gasteiger partial charge in [0.15, 0.2) is 30.6 Å². The summed E-state index contributed by atoms with van der Waals surface area (Å²) in [6.45, 7) is 7.77. The number of nitrogens with one attached hydrogen (secondary N) is 3. The van der Waals surface area contributed by atoms with E-state index in [9.17, 15) is 30.0 Å². The second-order valence-electron chi connectivity index (χ2n) is 15.0. The number of methoxy groups -OCH3 is 2. The lowest BCUT2D eigenvalue weighted by Crippen LogP contribution is -2.65. The summed E-state index contributed by atoms with van der Waals surface area (Å²) in [4.78, 5) is 32.7. The Bertz CT molecular complexity index is 1740. The van der Waals surface area contributed by atoms with Gasteiger partial charge in [0.1, 0.15) is 18.3 Å². The van der Waals surface area contributed by atoms with Crippen LogP contribution in [0.25, 0.3) is 0 Å². The number of ether oxygens (including phenoxy) is 7. The molecule has 0 aromatic carbocycles. The number of Topliss-reactive ketones (excluding diaryl/α,β-unsaturated/α-hetero) is 1. The summed E-state index contributed by atoms with van der Waals surface area (Å²) >= 11 is 1.50. The first-order valence-electron chi connectivity index (χ1n) is 19.7. The molecule has 340 valence electrons. The van der Waals surface area contributed by atoms with E-state index in [0.717, 1.165) is 7.11 Å². The predicted molar refractivity (Wildman–Crippen MR) is 232 cm³/mol. The maximum atomic E-state index is 14.0. The van der Waals surface area contributed by atoms with E-state index in [-0.39, 0.29) is 65.9 Å². The van der Waals surface area contributed by atoms with E-state index in [1.165, 1.54) is 55.3 Å². The van der Waals surface area contributed by atoms with E-state index in [4.69, 9.17) is 38.0 Å². The molecule has 61 heavy (non-hydrogen) atoms. The van der Waals surface area contributed by atoms with Crippen LogP contribution in [0, 0.1) is 23.7 Å². The Morgan fingerprint density at radius 3 is 2.49 bits per heavy atom. The molecule has 0 radical (unpaired) electrons. The predicted octanol–water partition coefficient (Wildman–Crippen LogP) is 1.55. The number of carbonyl (C=O) groups excluding carboxylic acids is 2. The van der Waals surface area contributed by atoms with Crippen LogP contribution in [0.2, 0.25) is 0 Å². The zero-order chi connectivity index (χ0) is 44.4. The van der Waals surface area contributed by atoms with Crippen molar-refractivity contribution in [2.45, 2.75) is 137 Å². The van der Waals surface area contributed by atoms with E-state index in [1.54, 1.807) is 20.1 Å². The second kappa shape index (κ2) is 23.4. The topological polar surface area (TPSA) is 225 Å². The van der Waals surface area contributed by atoms with Crippen LogP contribution in [0.3, 0.4) is 0 Å². The molecule has 15 atom stereocenters. The number of hydrogen-bond acceptors (Lipinski definition) is 20. The number of hydroxylamine groups is 1. The summed E-state index contributed by atoms with van der Waals surface area (Å²) in [5, 5.41) is 52.2. The molecule has 0 aromatic heterocycles. The molecule has 1 unspecified atom stereocenters. The van der Waals surface area contributed by atoms with Crippen LogP contribution in [0.15, 0.2) is 35.1 Å². The van der Waals surface area contributed by atoms with Crippen molar-refractivity contribution < 1.29 is 68.0 Å². The van der Waals surface area contributed by atoms with E-state index in [0.29, 0.717) is 0 Å². The summed E-state index contributed by atoms with van der Waals surface area (Å²) in [5.74, 6) is 10.3. The Balaban J connectivity index is 1.54. The lowest BCUT2D eigenvalue weighted by Gasteiger charge is -2.47. The van der Waals surface area contributed by atoms with Crippen molar-refractivity contribution in [3.63, 3.8) is 0 Å². The van der Waals surface area contributed by atoms with Gasteiger partial charge in [-0.2, -0.15) is 17.2 Å². The number of hydrogen-bond donors (Lipinski definition) is 7. The maximum Gasteiger partial charge on any atom is 0.411 e. The van der Waals surface area contributed by atoms with Gasteiger partial charge in [0.05, 0.1) is 61.2 Å². The Morgan fingerprint density at radius 1 is 1.07 bits per heavy atom. The zero-order valence-corrected chi connectivity index (χ0v) is 38.5. The molecule has 3 saturated heterocycles. The Labute approximate surface area is 372 Å². The molecule has 2 aliphatic carbocycles. The number of aliphatic hydroxyl groups is 4. The van der Waals surface area contributed by atoms with E-state index in [1.807, 2.05) is 33.3 Å². The van der Waals surface area contributed by atoms with Crippen LogP contribution >= 0.6 is 43.2 Å². The number of fused-ring (bicyclic) bond motifs is 2. The fourth-order valence-electron chi connectivity index (χ4n) is 7.65. The summed E-state index contributed by atoms with van der Waals surface area (Å²) in [5.41, 5.74) is -0.201. The normalized spacial score (nSPS) is 38.9. The van der Waals surface area contributed by atoms with Gasteiger partial charge in [-0.15, -0.1) is 0 Å². The van der Waals surface area contributed by atoms with Crippen molar-refractivity contribution in [3.8, 4) is 23.7 Å². The number of amides is 1. The first-order valence-corrected chi connectivity index (χ1v) is 25.1. The lowest BCUT2D eigenvalue weighted by molar-refractivity contribution is -0.336. The third-order valence-electron chi connectivity index (χ3n) is 10.6. The summed E-state index contributed by atoms with van der Waals surface area (Å²) in [6.07, 6.45) is -4.36. The third kappa shape index (κ3) is 12.3. The lowest BCUT2D eigenvalue weighted by atomic mass is 9.73. The number of aliphatic hydroxyl groups excluding tert-OH is 3. The minimum absolute atomic E-state index is 0.0491. The summed E-state index contributed by atoms with van der Waals surface area (Å²) in [6, 6.07) is -0.964. The fourth-order valence-corrected chi connectivity index (χ4v) is 10.9. The molecule has 5 rings (SSSR count). The minimum atomic E-state index is -2.47. The SMILES string of the molecule is COC(=O)NC1=C2/C(=C\CSSSC)[C@@](O)(C#C/C=C\C#C[C@@H]2O[C@@H]2O[C@H](C)C(NO[C@H]3C[C@H](O)[C@H](SC)[C@@H](C)O3)[C@H](O)[C@H]2O[C@H]2C[C@H](OC)[C@@H](NC(C)C)CO2)[C@H](O)C1=O. The van der Waals surface area contributed by atoms with E-state index >= 15 is 0 Å². The van der Waals surface area contributed by atoms with Crippen LogP contribution in [-0.2, 0) is 42.8 Å². The highest BCUT2D eigenvalue weighted by Crippen LogP contribution is 2.41. The first kappa shape index (κ1) is 50.2. The molecule has 3 heterocycles. The van der Waals surface area contributed by atoms with Crippen molar-refractivity contribution in [3.05, 3.63) is 35.1 Å². The van der Waals surface area contributed by atoms with Gasteiger partial charge in [-0.05, 0) is 48.3 Å². The number of ketones is 1. The Morgan fingerprint density at radius 2 is 1.82 bits per heavy atom. The molecular formula is C40H57N3O14S4. The maximum absolute atomic E-state index is 14.0. The molecule has 17 nitrogen and oxygen atoms in total. The molecule has 0 saturated carbocycles. The van der Waals surface area contributed by atoms with E-state index in [2.05, 4.69) is 39.8 Å². The summed E-state index contributed by atoms with van der Waals surface area (Å²) in [7, 11) is 7.06. The van der Waals surface area contributed by atoms with Gasteiger partial charge >= 0.3 is 6.09 Å². The van der Waals surface area contributed by atoms with Gasteiger partial charge in [0, 0.05) is 42.9 Å². The fraction of sp³-hybridized carbons (Fsp3) is 0.700. The molecular weight excluding hydrogens is 875 g/mol. The zero-order valence-electron chi connectivity index (χ0n) is 35.2. The minimum Gasteiger partial charge on any atom is -0.453 e. The average molecular weight is 932 g/mol. The Kier molecular flexibility index (Phi) is 19.2. The van der Waals surface area contributed by atoms with Gasteiger partial charge in [-0.3, -0.25) is 14.9 Å². The van der Waals surface area contributed by atoms with Crippen molar-refractivity contribution in [2.24, 2.45) is 0 Å². The molecule has 3 aliphatic heterocycles. The monoisotopic (exact) mass is 931 g/mol. The molecule has 2 bridgehead atoms. The smallest absolute Gasteiger partial charge is 0.411 e. The van der Waals surface area contributed by atoms with Crippen molar-refractivity contribution in [2.75, 3.05) is 39.1 Å². The highest BCUT2D eigenvalue weighted by molar-refractivity contribution is 9.09. The quantitative estimate of drug-likeness (QED) is 0.0505. The number of allylic oxidation sites excluding steroid dienone is 2. The standard InChI is InChI=1S/C40H57N3O14S4/c1-20(2)41-24-19-52-28(18-27(24)50-5)56-35-33(45)31(43-57-29-17-25(44)36(58-7)22(4)53-29)21(3)54-38(35)55-26-13-11-9-10-12-15-40(49)23(14-16-60-61-59-8)30(26)32(34(46)37(40)47)42-39(48)51-6/h9-10,14,20-22,24-29,31,33,35-38,41,43-45,47,49H,16-19H2,1-8H3,(H,42,48)/b10-9-,23-14+/t21-,22-,24+,25+,26+,27+,28+,29+,31?,33+,35-,36-,37-,38+,40+/m1/s1. The van der Waals surface area contributed by atoms with Gasteiger partial charge in [-0.25, -0.2) is 4.79 Å². The van der Waals surface area contributed by atoms with Crippen molar-refractivity contribution in [1.82, 2.24) is 16.1 Å². The molecule has 21 heteroatoms. The van der Waals surface area contributed by atoms with Crippen LogP contribution in [-0.4, -0.2) is 168 Å². The molecule has 3 fully saturated rings. The average Bonchev–Trinajstić information content (AvgIpc) is 3.22. The summed E-state index contributed by atoms with van der Waals surface area (Å²) < 4.78 is 42.5. The van der Waals surface area contributed by atoms with Crippen LogP contribution in [0.1, 0.15) is 40.5 Å². The van der Waals surface area contributed by atoms with Crippen LogP contribution in [0.4, 0.5) is 4.79 Å². The van der Waals surface area contributed by atoms with Crippen LogP contribution < -0.4 is 16.1 Å². The Hall–Kier alpha value is -1.84. The van der Waals surface area contributed by atoms with E-state index < -0.39 is 84.7 Å². The number of alkyl carbamates (subject to hydrolysis) is 1. The van der Waals surface area contributed by atoms with Crippen molar-refractivity contribution in [1.29, 1.82) is 0 Å². The second-order valence-corrected chi connectivity index (χ2v) is 20.4. The number of carbonyl (C=O) groups is 2. The highest BCUT2D eigenvalue weighted by Gasteiger charge is 2.54. The van der Waals surface area contributed by atoms with Gasteiger partial charge < -0.3 is 58.9 Å². The third-order valence-corrected chi connectivity index (χ3v) is 15.5. The van der Waals surface area contributed by atoms with Crippen molar-refractivity contribution >= 4 is 55.1 Å².